The highest BCUT2D eigenvalue weighted by Crippen LogP contribution is 2.15. The molecule has 0 aliphatic rings. The van der Waals surface area contributed by atoms with Crippen LogP contribution in [0.1, 0.15) is 24.0 Å². The first kappa shape index (κ1) is 8.80. The molecule has 1 unspecified atom stereocenters. The average Bonchev–Trinajstić information content (AvgIpc) is 2.06. The van der Waals surface area contributed by atoms with E-state index in [1.165, 1.54) is 11.1 Å². The molecule has 0 saturated heterocycles. The smallest absolute Gasteiger partial charge is 0.221 e. The number of nitrogens with zero attached hydrogens (tertiary/aromatic N) is 1. The predicted molar refractivity (Wildman–Crippen MR) is 51.1 cm³/mol. The zero-order valence-electron chi connectivity index (χ0n) is 7.54. The van der Waals surface area contributed by atoms with Crippen molar-refractivity contribution in [3.63, 3.8) is 0 Å². The van der Waals surface area contributed by atoms with Gasteiger partial charge in [0.1, 0.15) is 0 Å². The quantitative estimate of drug-likeness (QED) is 0.584. The van der Waals surface area contributed by atoms with Gasteiger partial charge in [-0.25, -0.2) is 6.57 Å². The number of aryl methyl sites for hydroxylation is 1. The summed E-state index contributed by atoms with van der Waals surface area (Å²) in [6.07, 6.45) is 0. The molecule has 0 amide bonds. The zero-order chi connectivity index (χ0) is 8.97. The monoisotopic (exact) mass is 159 g/mol. The Bertz CT molecular complexity index is 279. The Labute approximate surface area is 73.9 Å². The van der Waals surface area contributed by atoms with Crippen molar-refractivity contribution < 1.29 is 0 Å². The summed E-state index contributed by atoms with van der Waals surface area (Å²) in [6.45, 7) is 11.5. The SMILES string of the molecule is [C-]#[N+]CC(C)c1ccc(C)cc1. The molecule has 0 aromatic heterocycles. The largest absolute Gasteiger partial charge is 0.316 e. The van der Waals surface area contributed by atoms with Crippen LogP contribution >= 0.6 is 0 Å². The first-order chi connectivity index (χ1) is 5.74. The van der Waals surface area contributed by atoms with Gasteiger partial charge in [0, 0.05) is 0 Å². The van der Waals surface area contributed by atoms with Crippen LogP contribution in [0.25, 0.3) is 4.85 Å². The van der Waals surface area contributed by atoms with Crippen LogP contribution in [0.4, 0.5) is 0 Å². The molecule has 62 valence electrons. The molecule has 0 N–H and O–H groups in total. The molecular formula is C11H13N. The lowest BCUT2D eigenvalue weighted by Crippen LogP contribution is -1.95. The Hall–Kier alpha value is -1.29. The van der Waals surface area contributed by atoms with Crippen LogP contribution in [0.2, 0.25) is 0 Å². The fourth-order valence-electron chi connectivity index (χ4n) is 1.14. The van der Waals surface area contributed by atoms with Gasteiger partial charge in [-0.05, 0) is 12.5 Å². The molecule has 1 heteroatoms. The third-order valence-electron chi connectivity index (χ3n) is 2.01. The van der Waals surface area contributed by atoms with Gasteiger partial charge in [0.25, 0.3) is 0 Å². The highest BCUT2D eigenvalue weighted by molar-refractivity contribution is 5.24. The Balaban J connectivity index is 2.76. The third kappa shape index (κ3) is 2.10. The summed E-state index contributed by atoms with van der Waals surface area (Å²) in [6, 6.07) is 8.39. The summed E-state index contributed by atoms with van der Waals surface area (Å²) < 4.78 is 0. The summed E-state index contributed by atoms with van der Waals surface area (Å²) >= 11 is 0. The molecule has 1 aromatic rings. The van der Waals surface area contributed by atoms with E-state index >= 15 is 0 Å². The molecule has 0 fully saturated rings. The van der Waals surface area contributed by atoms with Gasteiger partial charge in [-0.2, -0.15) is 0 Å². The average molecular weight is 159 g/mol. The molecule has 0 spiro atoms. The van der Waals surface area contributed by atoms with Crippen molar-refractivity contribution in [3.8, 4) is 0 Å². The molecular weight excluding hydrogens is 146 g/mol. The number of hydrogen-bond acceptors (Lipinski definition) is 0. The minimum atomic E-state index is 0.364. The molecule has 0 aliphatic heterocycles. The Kier molecular flexibility index (Phi) is 2.88. The molecule has 0 bridgehead atoms. The molecule has 0 heterocycles. The molecule has 12 heavy (non-hydrogen) atoms. The van der Waals surface area contributed by atoms with E-state index in [1.54, 1.807) is 0 Å². The molecule has 0 aliphatic carbocycles. The van der Waals surface area contributed by atoms with Gasteiger partial charge >= 0.3 is 0 Å². The van der Waals surface area contributed by atoms with Gasteiger partial charge in [-0.3, -0.25) is 0 Å². The second-order valence-corrected chi connectivity index (χ2v) is 3.15. The van der Waals surface area contributed by atoms with Gasteiger partial charge in [0.15, 0.2) is 0 Å². The summed E-state index contributed by atoms with van der Waals surface area (Å²) in [5.74, 6) is 0.364. The van der Waals surface area contributed by atoms with Crippen LogP contribution < -0.4 is 0 Å². The second-order valence-electron chi connectivity index (χ2n) is 3.15. The fraction of sp³-hybridized carbons (Fsp3) is 0.364. The van der Waals surface area contributed by atoms with E-state index in [9.17, 15) is 0 Å². The molecule has 1 nitrogen and oxygen atoms in total. The first-order valence-electron chi connectivity index (χ1n) is 4.14. The highest BCUT2D eigenvalue weighted by atomic mass is 14.6. The van der Waals surface area contributed by atoms with E-state index in [-0.39, 0.29) is 0 Å². The maximum atomic E-state index is 6.75. The molecule has 0 radical (unpaired) electrons. The Morgan fingerprint density at radius 3 is 2.42 bits per heavy atom. The van der Waals surface area contributed by atoms with Crippen LogP contribution in [-0.4, -0.2) is 6.54 Å². The van der Waals surface area contributed by atoms with Crippen molar-refractivity contribution in [3.05, 3.63) is 46.8 Å². The van der Waals surface area contributed by atoms with E-state index in [1.807, 2.05) is 0 Å². The van der Waals surface area contributed by atoms with E-state index in [0.717, 1.165) is 0 Å². The van der Waals surface area contributed by atoms with Crippen molar-refractivity contribution >= 4 is 0 Å². The van der Waals surface area contributed by atoms with Crippen molar-refractivity contribution in [1.29, 1.82) is 0 Å². The first-order valence-corrected chi connectivity index (χ1v) is 4.14. The van der Waals surface area contributed by atoms with E-state index in [2.05, 4.69) is 43.0 Å². The van der Waals surface area contributed by atoms with Crippen molar-refractivity contribution in [2.75, 3.05) is 6.54 Å². The maximum absolute atomic E-state index is 6.75. The maximum Gasteiger partial charge on any atom is 0.221 e. The summed E-state index contributed by atoms with van der Waals surface area (Å²) in [5, 5.41) is 0. The predicted octanol–water partition coefficient (Wildman–Crippen LogP) is 3.02. The lowest BCUT2D eigenvalue weighted by atomic mass is 10.0. The lowest BCUT2D eigenvalue weighted by molar-refractivity contribution is 0.833. The van der Waals surface area contributed by atoms with Gasteiger partial charge < -0.3 is 4.85 Å². The lowest BCUT2D eigenvalue weighted by Gasteiger charge is -2.04. The fourth-order valence-corrected chi connectivity index (χ4v) is 1.14. The highest BCUT2D eigenvalue weighted by Gasteiger charge is 2.06. The number of benzene rings is 1. The van der Waals surface area contributed by atoms with E-state index in [0.29, 0.717) is 12.5 Å². The topological polar surface area (TPSA) is 4.36 Å². The zero-order valence-corrected chi connectivity index (χ0v) is 7.54. The van der Waals surface area contributed by atoms with Crippen molar-refractivity contribution in [1.82, 2.24) is 0 Å². The van der Waals surface area contributed by atoms with E-state index in [4.69, 9.17) is 6.57 Å². The summed E-state index contributed by atoms with van der Waals surface area (Å²) in [7, 11) is 0. The van der Waals surface area contributed by atoms with Crippen LogP contribution in [0.15, 0.2) is 24.3 Å². The summed E-state index contributed by atoms with van der Waals surface area (Å²) in [5.41, 5.74) is 2.53. The van der Waals surface area contributed by atoms with Crippen LogP contribution in [0.3, 0.4) is 0 Å². The van der Waals surface area contributed by atoms with Crippen molar-refractivity contribution in [2.45, 2.75) is 19.8 Å². The third-order valence-corrected chi connectivity index (χ3v) is 2.01. The van der Waals surface area contributed by atoms with Crippen LogP contribution in [0.5, 0.6) is 0 Å². The van der Waals surface area contributed by atoms with Crippen LogP contribution in [-0.2, 0) is 0 Å². The van der Waals surface area contributed by atoms with E-state index < -0.39 is 0 Å². The molecule has 1 rings (SSSR count). The number of hydrogen-bond donors (Lipinski definition) is 0. The standard InChI is InChI=1S/C11H13N/c1-9-4-6-11(7-5-9)10(2)8-12-3/h4-7,10H,8H2,1-2H3. The summed E-state index contributed by atoms with van der Waals surface area (Å²) in [4.78, 5) is 3.38. The van der Waals surface area contributed by atoms with Crippen LogP contribution in [0, 0.1) is 13.5 Å². The van der Waals surface area contributed by atoms with Gasteiger partial charge in [-0.1, -0.05) is 36.8 Å². The van der Waals surface area contributed by atoms with Gasteiger partial charge in [-0.15, -0.1) is 0 Å². The molecule has 1 atom stereocenters. The minimum absolute atomic E-state index is 0.364. The Morgan fingerprint density at radius 2 is 1.92 bits per heavy atom. The minimum Gasteiger partial charge on any atom is -0.316 e. The van der Waals surface area contributed by atoms with Gasteiger partial charge in [0.05, 0.1) is 5.92 Å². The van der Waals surface area contributed by atoms with Gasteiger partial charge in [0.2, 0.25) is 6.54 Å². The second kappa shape index (κ2) is 3.92. The van der Waals surface area contributed by atoms with Crippen molar-refractivity contribution in [2.24, 2.45) is 0 Å². The normalized spacial score (nSPS) is 12.1. The molecule has 1 aromatic carbocycles. The Morgan fingerprint density at radius 1 is 1.33 bits per heavy atom. The molecule has 0 saturated carbocycles. The number of rotatable bonds is 2.